The summed E-state index contributed by atoms with van der Waals surface area (Å²) in [5, 5.41) is 0.709. The number of aromatic nitrogens is 2. The van der Waals surface area contributed by atoms with Crippen molar-refractivity contribution >= 4 is 16.8 Å². The fourth-order valence-corrected chi connectivity index (χ4v) is 3.69. The largest absolute Gasteiger partial charge is 0.357 e. The minimum absolute atomic E-state index is 0.00857. The molecule has 3 heterocycles. The summed E-state index contributed by atoms with van der Waals surface area (Å²) in [6.45, 7) is 3.69. The van der Waals surface area contributed by atoms with Crippen molar-refractivity contribution in [2.24, 2.45) is 13.0 Å². The van der Waals surface area contributed by atoms with Gasteiger partial charge in [0.05, 0.1) is 5.56 Å². The van der Waals surface area contributed by atoms with Crippen molar-refractivity contribution in [2.75, 3.05) is 27.2 Å². The number of rotatable bonds is 2. The number of nitrogens with zero attached hydrogens (tertiary/aromatic N) is 3. The van der Waals surface area contributed by atoms with Crippen molar-refractivity contribution in [3.63, 3.8) is 0 Å². The molecule has 3 rings (SSSR count). The van der Waals surface area contributed by atoms with Crippen molar-refractivity contribution in [2.45, 2.75) is 19.4 Å². The number of aromatic amines is 1. The number of piperidine rings is 1. The molecule has 2 atom stereocenters. The van der Waals surface area contributed by atoms with Crippen LogP contribution < -0.4 is 5.56 Å². The third-order valence-electron chi connectivity index (χ3n) is 4.94. The Kier molecular flexibility index (Phi) is 4.02. The summed E-state index contributed by atoms with van der Waals surface area (Å²) in [7, 11) is 5.87. The molecule has 1 aliphatic rings. The maximum Gasteiger partial charge on any atom is 0.274 e. The monoisotopic (exact) mass is 316 g/mol. The summed E-state index contributed by atoms with van der Waals surface area (Å²) in [6.07, 6.45) is 4.34. The van der Waals surface area contributed by atoms with Gasteiger partial charge in [-0.3, -0.25) is 9.59 Å². The van der Waals surface area contributed by atoms with Gasteiger partial charge in [-0.05, 0) is 32.5 Å². The summed E-state index contributed by atoms with van der Waals surface area (Å²) in [6, 6.07) is 2.31. The van der Waals surface area contributed by atoms with Gasteiger partial charge in [-0.2, -0.15) is 0 Å². The molecule has 1 saturated heterocycles. The second-order valence-corrected chi connectivity index (χ2v) is 6.77. The van der Waals surface area contributed by atoms with Gasteiger partial charge in [0, 0.05) is 44.0 Å². The van der Waals surface area contributed by atoms with Crippen LogP contribution in [-0.2, 0) is 7.05 Å². The molecule has 2 aromatic heterocycles. The highest BCUT2D eigenvalue weighted by Gasteiger charge is 2.31. The fourth-order valence-electron chi connectivity index (χ4n) is 3.69. The van der Waals surface area contributed by atoms with E-state index in [9.17, 15) is 9.59 Å². The molecular weight excluding hydrogens is 292 g/mol. The smallest absolute Gasteiger partial charge is 0.274 e. The van der Waals surface area contributed by atoms with Crippen LogP contribution in [0.5, 0.6) is 0 Å². The molecule has 2 unspecified atom stereocenters. The fraction of sp³-hybridized carbons (Fsp3) is 0.529. The van der Waals surface area contributed by atoms with Gasteiger partial charge < -0.3 is 19.4 Å². The van der Waals surface area contributed by atoms with Gasteiger partial charge in [0.15, 0.2) is 0 Å². The van der Waals surface area contributed by atoms with Crippen LogP contribution in [-0.4, -0.2) is 58.5 Å². The first-order valence-electron chi connectivity index (χ1n) is 8.02. The number of nitrogens with one attached hydrogen (secondary N) is 1. The average molecular weight is 316 g/mol. The Morgan fingerprint density at radius 3 is 2.78 bits per heavy atom. The SMILES string of the molecule is CC1CN(C(=O)c2cn(C)c(=O)c3[nH]ccc23)CCC1N(C)C. The van der Waals surface area contributed by atoms with Crippen molar-refractivity contribution in [3.05, 3.63) is 34.4 Å². The van der Waals surface area contributed by atoms with Crippen LogP contribution in [0.1, 0.15) is 23.7 Å². The van der Waals surface area contributed by atoms with E-state index in [0.717, 1.165) is 19.5 Å². The molecule has 1 amide bonds. The lowest BCUT2D eigenvalue weighted by Gasteiger charge is -2.40. The van der Waals surface area contributed by atoms with E-state index < -0.39 is 0 Å². The number of amides is 1. The first kappa shape index (κ1) is 15.8. The summed E-state index contributed by atoms with van der Waals surface area (Å²) < 4.78 is 1.47. The maximum atomic E-state index is 13.0. The standard InChI is InChI=1S/C17H24N4O2/c1-11-9-21(8-6-14(11)19(2)3)16(22)13-10-20(4)17(23)15-12(13)5-7-18-15/h5,7,10-11,14,18H,6,8-9H2,1-4H3. The molecule has 0 aliphatic carbocycles. The van der Waals surface area contributed by atoms with Crippen LogP contribution in [0.3, 0.4) is 0 Å². The van der Waals surface area contributed by atoms with Crippen molar-refractivity contribution in [1.82, 2.24) is 19.4 Å². The molecular formula is C17H24N4O2. The predicted molar refractivity (Wildman–Crippen MR) is 90.7 cm³/mol. The zero-order valence-electron chi connectivity index (χ0n) is 14.2. The van der Waals surface area contributed by atoms with Crippen molar-refractivity contribution in [1.29, 1.82) is 0 Å². The summed E-state index contributed by atoms with van der Waals surface area (Å²) in [4.78, 5) is 32.2. The lowest BCUT2D eigenvalue weighted by molar-refractivity contribution is 0.0554. The third-order valence-corrected chi connectivity index (χ3v) is 4.94. The molecule has 0 saturated carbocycles. The predicted octanol–water partition coefficient (Wildman–Crippen LogP) is 1.28. The molecule has 0 aromatic carbocycles. The Hall–Kier alpha value is -2.08. The average Bonchev–Trinajstić information content (AvgIpc) is 2.99. The quantitative estimate of drug-likeness (QED) is 0.908. The summed E-state index contributed by atoms with van der Waals surface area (Å²) >= 11 is 0. The third kappa shape index (κ3) is 2.67. The van der Waals surface area contributed by atoms with Crippen LogP contribution in [0.2, 0.25) is 0 Å². The van der Waals surface area contributed by atoms with E-state index in [0.29, 0.717) is 28.4 Å². The van der Waals surface area contributed by atoms with Crippen LogP contribution in [0.25, 0.3) is 10.9 Å². The molecule has 1 fully saturated rings. The number of carbonyl (C=O) groups excluding carboxylic acids is 1. The molecule has 23 heavy (non-hydrogen) atoms. The topological polar surface area (TPSA) is 61.3 Å². The highest BCUT2D eigenvalue weighted by atomic mass is 16.2. The maximum absolute atomic E-state index is 13.0. The Balaban J connectivity index is 1.92. The Morgan fingerprint density at radius 1 is 1.39 bits per heavy atom. The Bertz CT molecular complexity index is 789. The molecule has 0 bridgehead atoms. The van der Waals surface area contributed by atoms with Gasteiger partial charge >= 0.3 is 0 Å². The first-order valence-corrected chi connectivity index (χ1v) is 8.02. The molecule has 0 spiro atoms. The number of H-pyrrole nitrogens is 1. The van der Waals surface area contributed by atoms with E-state index in [1.807, 2.05) is 4.90 Å². The lowest BCUT2D eigenvalue weighted by atomic mass is 9.92. The van der Waals surface area contributed by atoms with Gasteiger partial charge in [0.1, 0.15) is 5.52 Å². The molecule has 2 aromatic rings. The minimum Gasteiger partial charge on any atom is -0.357 e. The molecule has 1 N–H and O–H groups in total. The van der Waals surface area contributed by atoms with Gasteiger partial charge in [0.25, 0.3) is 11.5 Å². The number of aryl methyl sites for hydroxylation is 1. The highest BCUT2D eigenvalue weighted by molar-refractivity contribution is 6.05. The molecule has 6 heteroatoms. The minimum atomic E-state index is -0.110. The lowest BCUT2D eigenvalue weighted by Crippen LogP contribution is -2.49. The number of likely N-dealkylation sites (tertiary alicyclic amines) is 1. The van der Waals surface area contributed by atoms with Crippen LogP contribution >= 0.6 is 0 Å². The zero-order valence-corrected chi connectivity index (χ0v) is 14.2. The zero-order chi connectivity index (χ0) is 16.7. The number of hydrogen-bond acceptors (Lipinski definition) is 3. The van der Waals surface area contributed by atoms with Gasteiger partial charge in [0.2, 0.25) is 0 Å². The van der Waals surface area contributed by atoms with E-state index in [4.69, 9.17) is 0 Å². The Labute approximate surface area is 135 Å². The van der Waals surface area contributed by atoms with E-state index in [1.165, 1.54) is 4.57 Å². The molecule has 0 radical (unpaired) electrons. The first-order chi connectivity index (χ1) is 10.9. The van der Waals surface area contributed by atoms with E-state index >= 15 is 0 Å². The van der Waals surface area contributed by atoms with Crippen LogP contribution in [0.4, 0.5) is 0 Å². The van der Waals surface area contributed by atoms with Gasteiger partial charge in [-0.25, -0.2) is 0 Å². The van der Waals surface area contributed by atoms with Gasteiger partial charge in [-0.1, -0.05) is 6.92 Å². The van der Waals surface area contributed by atoms with Crippen molar-refractivity contribution < 1.29 is 4.79 Å². The summed E-state index contributed by atoms with van der Waals surface area (Å²) in [5.41, 5.74) is 0.981. The second kappa shape index (κ2) is 5.85. The number of carbonyl (C=O) groups is 1. The number of pyridine rings is 1. The van der Waals surface area contributed by atoms with Crippen LogP contribution in [0.15, 0.2) is 23.3 Å². The molecule has 1 aliphatic heterocycles. The molecule has 124 valence electrons. The number of hydrogen-bond donors (Lipinski definition) is 1. The highest BCUT2D eigenvalue weighted by Crippen LogP contribution is 2.23. The summed E-state index contributed by atoms with van der Waals surface area (Å²) in [5.74, 6) is 0.436. The molecule has 6 nitrogen and oxygen atoms in total. The van der Waals surface area contributed by atoms with E-state index in [-0.39, 0.29) is 11.5 Å². The normalized spacial score (nSPS) is 22.0. The van der Waals surface area contributed by atoms with Gasteiger partial charge in [-0.15, -0.1) is 0 Å². The van der Waals surface area contributed by atoms with E-state index in [1.54, 1.807) is 25.5 Å². The second-order valence-electron chi connectivity index (χ2n) is 6.77. The van der Waals surface area contributed by atoms with E-state index in [2.05, 4.69) is 30.9 Å². The van der Waals surface area contributed by atoms with Crippen molar-refractivity contribution in [3.8, 4) is 0 Å². The number of fused-ring (bicyclic) bond motifs is 1. The van der Waals surface area contributed by atoms with Crippen LogP contribution in [0, 0.1) is 5.92 Å². The Morgan fingerprint density at radius 2 is 2.13 bits per heavy atom.